The van der Waals surface area contributed by atoms with Gasteiger partial charge in [-0.25, -0.2) is 4.39 Å². The smallest absolute Gasteiger partial charge is 0.358 e. The van der Waals surface area contributed by atoms with Gasteiger partial charge in [0.25, 0.3) is 5.91 Å². The van der Waals surface area contributed by atoms with Crippen LogP contribution in [-0.2, 0) is 44.6 Å². The minimum absolute atomic E-state index is 0.0160. The molecule has 4 amide bonds. The lowest BCUT2D eigenvalue weighted by Gasteiger charge is -2.39. The van der Waals surface area contributed by atoms with E-state index in [2.05, 4.69) is 38.5 Å². The summed E-state index contributed by atoms with van der Waals surface area (Å²) in [5.41, 5.74) is -1.61. The highest BCUT2D eigenvalue weighted by Crippen LogP contribution is 2.40. The standard InChI is InChI=1S/C34H41F4N5O4S/c1-5-18(3)27(40-26(44)16-20-10-7-8-13-24(20)35)30(45)42-33(32(47)41-28(19(4)6-2)31(46)43-48)15-14-25-22(17-33)21-11-9-12-23(29(21)39-25)34(36,37)38/h7-13,18-19,27-28,39,48H,5-6,14-17H2,1-4H3,(H,40,44)(H,41,47)(H,42,45)(H,43,46)/t18-,19-,27-,28-,33+/m0/s1. The maximum atomic E-state index is 14.3. The van der Waals surface area contributed by atoms with Gasteiger partial charge >= 0.3 is 6.18 Å². The molecular weight excluding hydrogens is 650 g/mol. The molecule has 1 aromatic heterocycles. The molecule has 48 heavy (non-hydrogen) atoms. The van der Waals surface area contributed by atoms with Crippen LogP contribution >= 0.6 is 12.8 Å². The molecule has 4 rings (SSSR count). The molecule has 260 valence electrons. The maximum Gasteiger partial charge on any atom is 0.418 e. The number of amides is 4. The van der Waals surface area contributed by atoms with Gasteiger partial charge in [-0.05, 0) is 47.9 Å². The van der Waals surface area contributed by atoms with Crippen molar-refractivity contribution in [2.24, 2.45) is 11.8 Å². The van der Waals surface area contributed by atoms with Gasteiger partial charge in [-0.15, -0.1) is 0 Å². The first-order valence-corrected chi connectivity index (χ1v) is 16.4. The zero-order chi connectivity index (χ0) is 35.4. The summed E-state index contributed by atoms with van der Waals surface area (Å²) in [7, 11) is 0. The molecule has 5 atom stereocenters. The second-order valence-corrected chi connectivity index (χ2v) is 12.8. The fraction of sp³-hybridized carbons (Fsp3) is 0.471. The van der Waals surface area contributed by atoms with E-state index in [1.54, 1.807) is 19.9 Å². The molecular formula is C34H41F4N5O4S. The van der Waals surface area contributed by atoms with Crippen LogP contribution in [0.25, 0.3) is 10.9 Å². The van der Waals surface area contributed by atoms with Crippen molar-refractivity contribution < 1.29 is 36.7 Å². The minimum Gasteiger partial charge on any atom is -0.358 e. The molecule has 0 unspecified atom stereocenters. The van der Waals surface area contributed by atoms with Gasteiger partial charge in [0.15, 0.2) is 0 Å². The lowest BCUT2D eigenvalue weighted by molar-refractivity contribution is -0.138. The van der Waals surface area contributed by atoms with E-state index in [1.807, 2.05) is 13.8 Å². The lowest BCUT2D eigenvalue weighted by atomic mass is 9.78. The van der Waals surface area contributed by atoms with Crippen LogP contribution in [0.3, 0.4) is 0 Å². The summed E-state index contributed by atoms with van der Waals surface area (Å²) < 4.78 is 58.3. The number of nitrogens with one attached hydrogen (secondary N) is 5. The Morgan fingerprint density at radius 1 is 0.938 bits per heavy atom. The Kier molecular flexibility index (Phi) is 11.5. The van der Waals surface area contributed by atoms with Crippen LogP contribution in [0, 0.1) is 17.7 Å². The number of benzene rings is 2. The number of carbonyl (C=O) groups is 4. The number of rotatable bonds is 12. The number of aromatic amines is 1. The summed E-state index contributed by atoms with van der Waals surface area (Å²) >= 11 is 3.87. The molecule has 1 aliphatic carbocycles. The Morgan fingerprint density at radius 3 is 2.19 bits per heavy atom. The molecule has 1 aliphatic rings. The normalized spacial score (nSPS) is 18.6. The maximum absolute atomic E-state index is 14.3. The second kappa shape index (κ2) is 15.0. The van der Waals surface area contributed by atoms with Crippen molar-refractivity contribution in [1.29, 1.82) is 0 Å². The van der Waals surface area contributed by atoms with Gasteiger partial charge in [-0.1, -0.05) is 83.7 Å². The number of hydrogen-bond donors (Lipinski definition) is 6. The van der Waals surface area contributed by atoms with Crippen molar-refractivity contribution in [1.82, 2.24) is 25.7 Å². The summed E-state index contributed by atoms with van der Waals surface area (Å²) in [6.45, 7) is 7.17. The summed E-state index contributed by atoms with van der Waals surface area (Å²) in [4.78, 5) is 57.2. The van der Waals surface area contributed by atoms with Gasteiger partial charge in [0.05, 0.1) is 17.5 Å². The van der Waals surface area contributed by atoms with E-state index < -0.39 is 64.7 Å². The molecule has 0 aliphatic heterocycles. The van der Waals surface area contributed by atoms with Crippen LogP contribution in [0.2, 0.25) is 0 Å². The fourth-order valence-electron chi connectivity index (χ4n) is 6.17. The molecule has 9 nitrogen and oxygen atoms in total. The van der Waals surface area contributed by atoms with Gasteiger partial charge in [0.2, 0.25) is 17.7 Å². The van der Waals surface area contributed by atoms with Gasteiger partial charge in [0, 0.05) is 17.5 Å². The molecule has 0 fully saturated rings. The van der Waals surface area contributed by atoms with Crippen LogP contribution in [-0.4, -0.2) is 46.2 Å². The number of carbonyl (C=O) groups excluding carboxylic acids is 4. The van der Waals surface area contributed by atoms with E-state index in [0.717, 1.165) is 6.07 Å². The zero-order valence-electron chi connectivity index (χ0n) is 27.2. The van der Waals surface area contributed by atoms with Crippen LogP contribution in [0.4, 0.5) is 17.6 Å². The lowest BCUT2D eigenvalue weighted by Crippen LogP contribution is -2.67. The number of aryl methyl sites for hydroxylation is 1. The van der Waals surface area contributed by atoms with Gasteiger partial charge in [-0.2, -0.15) is 13.2 Å². The number of hydrogen-bond acceptors (Lipinski definition) is 5. The third kappa shape index (κ3) is 7.79. The molecule has 0 radical (unpaired) electrons. The van der Waals surface area contributed by atoms with Crippen molar-refractivity contribution in [2.75, 3.05) is 0 Å². The number of fused-ring (bicyclic) bond motifs is 3. The van der Waals surface area contributed by atoms with E-state index in [0.29, 0.717) is 24.1 Å². The molecule has 3 aromatic rings. The van der Waals surface area contributed by atoms with Crippen LogP contribution < -0.4 is 20.7 Å². The number of halogens is 4. The van der Waals surface area contributed by atoms with Crippen molar-refractivity contribution in [3.8, 4) is 0 Å². The summed E-state index contributed by atoms with van der Waals surface area (Å²) in [5, 5.41) is 8.59. The highest BCUT2D eigenvalue weighted by Gasteiger charge is 2.47. The molecule has 0 spiro atoms. The van der Waals surface area contributed by atoms with E-state index in [1.165, 1.54) is 30.3 Å². The number of alkyl halides is 3. The van der Waals surface area contributed by atoms with Crippen LogP contribution in [0.1, 0.15) is 69.3 Å². The van der Waals surface area contributed by atoms with Crippen molar-refractivity contribution >= 4 is 47.3 Å². The third-order valence-electron chi connectivity index (χ3n) is 9.43. The number of para-hydroxylation sites is 1. The largest absolute Gasteiger partial charge is 0.418 e. The Labute approximate surface area is 281 Å². The van der Waals surface area contributed by atoms with E-state index >= 15 is 0 Å². The Balaban J connectivity index is 1.73. The Hall–Kier alpha value is -4.07. The van der Waals surface area contributed by atoms with E-state index in [4.69, 9.17) is 0 Å². The Morgan fingerprint density at radius 2 is 1.58 bits per heavy atom. The van der Waals surface area contributed by atoms with Gasteiger partial charge < -0.3 is 25.7 Å². The fourth-order valence-corrected chi connectivity index (χ4v) is 6.31. The first kappa shape index (κ1) is 36.8. The topological polar surface area (TPSA) is 132 Å². The predicted molar refractivity (Wildman–Crippen MR) is 176 cm³/mol. The predicted octanol–water partition coefficient (Wildman–Crippen LogP) is 4.94. The van der Waals surface area contributed by atoms with Gasteiger partial charge in [0.1, 0.15) is 23.4 Å². The third-order valence-corrected chi connectivity index (χ3v) is 9.65. The molecule has 5 N–H and O–H groups in total. The van der Waals surface area contributed by atoms with E-state index in [-0.39, 0.29) is 48.1 Å². The minimum atomic E-state index is -4.64. The first-order valence-electron chi connectivity index (χ1n) is 15.9. The number of thiol groups is 1. The molecule has 0 saturated heterocycles. The summed E-state index contributed by atoms with van der Waals surface area (Å²) in [6.07, 6.45) is -4.08. The Bertz CT molecular complexity index is 1680. The average molecular weight is 692 g/mol. The molecule has 14 heteroatoms. The molecule has 2 aromatic carbocycles. The number of H-pyrrole nitrogens is 1. The van der Waals surface area contributed by atoms with Gasteiger partial charge in [-0.3, -0.25) is 19.2 Å². The first-order chi connectivity index (χ1) is 22.6. The molecule has 0 saturated carbocycles. The zero-order valence-corrected chi connectivity index (χ0v) is 28.1. The highest BCUT2D eigenvalue weighted by atomic mass is 32.1. The molecule has 1 heterocycles. The van der Waals surface area contributed by atoms with Crippen LogP contribution in [0.5, 0.6) is 0 Å². The summed E-state index contributed by atoms with van der Waals surface area (Å²) in [5.74, 6) is -3.90. The quantitative estimate of drug-likeness (QED) is 0.119. The van der Waals surface area contributed by atoms with Crippen molar-refractivity contribution in [3.63, 3.8) is 0 Å². The monoisotopic (exact) mass is 691 g/mol. The SMILES string of the molecule is CC[C@H](C)[C@H](NC(=O)Cc1ccccc1F)C(=O)N[C@]1(C(=O)N[C@H](C(=O)NS)[C@@H](C)CC)CCc2[nH]c3c(C(F)(F)F)cccc3c2C1. The van der Waals surface area contributed by atoms with Crippen molar-refractivity contribution in [3.05, 3.63) is 70.7 Å². The van der Waals surface area contributed by atoms with Crippen molar-refractivity contribution in [2.45, 2.75) is 90.0 Å². The number of aromatic nitrogens is 1. The van der Waals surface area contributed by atoms with Crippen LogP contribution in [0.15, 0.2) is 42.5 Å². The van der Waals surface area contributed by atoms with E-state index in [9.17, 15) is 36.7 Å². The highest BCUT2D eigenvalue weighted by molar-refractivity contribution is 7.78. The second-order valence-electron chi connectivity index (χ2n) is 12.6. The average Bonchev–Trinajstić information content (AvgIpc) is 3.43. The molecule has 0 bridgehead atoms. The summed E-state index contributed by atoms with van der Waals surface area (Å²) in [6, 6.07) is 7.40.